The summed E-state index contributed by atoms with van der Waals surface area (Å²) in [5.41, 5.74) is 1.25. The normalized spacial score (nSPS) is 16.9. The van der Waals surface area contributed by atoms with Crippen LogP contribution in [0.5, 0.6) is 0 Å². The van der Waals surface area contributed by atoms with Crippen molar-refractivity contribution < 1.29 is 9.53 Å². The molecule has 1 aliphatic rings. The zero-order valence-electron chi connectivity index (χ0n) is 9.92. The monoisotopic (exact) mass is 221 g/mol. The Morgan fingerprint density at radius 3 is 2.31 bits per heavy atom. The molecule has 0 aromatic carbocycles. The summed E-state index contributed by atoms with van der Waals surface area (Å²) in [4.78, 5) is 11.6. The Balaban J connectivity index is 2.78. The standard InChI is InChI=1S/C13H19NO2/c1-2-16-13(15)12(10-14)11-8-6-4-3-5-7-9-11/h2-9H2,1H3. The van der Waals surface area contributed by atoms with Crippen LogP contribution in [0.1, 0.15) is 51.9 Å². The number of hydrogen-bond acceptors (Lipinski definition) is 3. The van der Waals surface area contributed by atoms with Gasteiger partial charge < -0.3 is 4.74 Å². The predicted molar refractivity (Wildman–Crippen MR) is 61.6 cm³/mol. The van der Waals surface area contributed by atoms with Gasteiger partial charge in [0.25, 0.3) is 0 Å². The topological polar surface area (TPSA) is 50.1 Å². The average molecular weight is 221 g/mol. The van der Waals surface area contributed by atoms with E-state index in [1.165, 1.54) is 19.3 Å². The highest BCUT2D eigenvalue weighted by Gasteiger charge is 2.16. The molecule has 0 aromatic rings. The number of nitriles is 1. The predicted octanol–water partition coefficient (Wildman–Crippen LogP) is 3.11. The third-order valence-corrected chi connectivity index (χ3v) is 2.90. The van der Waals surface area contributed by atoms with E-state index in [1.54, 1.807) is 6.92 Å². The lowest BCUT2D eigenvalue weighted by atomic mass is 9.93. The van der Waals surface area contributed by atoms with Crippen LogP contribution in [0.3, 0.4) is 0 Å². The van der Waals surface area contributed by atoms with Crippen LogP contribution >= 0.6 is 0 Å². The number of ether oxygens (including phenoxy) is 1. The lowest BCUT2D eigenvalue weighted by Gasteiger charge is -2.13. The van der Waals surface area contributed by atoms with Crippen molar-refractivity contribution in [3.63, 3.8) is 0 Å². The van der Waals surface area contributed by atoms with E-state index in [0.717, 1.165) is 31.3 Å². The number of rotatable bonds is 2. The SMILES string of the molecule is CCOC(=O)C(C#N)=C1CCCCCCC1. The van der Waals surface area contributed by atoms with Crippen LogP contribution in [0.4, 0.5) is 0 Å². The summed E-state index contributed by atoms with van der Waals surface area (Å²) in [6, 6.07) is 2.01. The zero-order valence-corrected chi connectivity index (χ0v) is 9.92. The van der Waals surface area contributed by atoms with Crippen LogP contribution < -0.4 is 0 Å². The molecular weight excluding hydrogens is 202 g/mol. The largest absolute Gasteiger partial charge is 0.462 e. The third-order valence-electron chi connectivity index (χ3n) is 2.90. The Bertz CT molecular complexity index is 302. The van der Waals surface area contributed by atoms with E-state index in [-0.39, 0.29) is 5.57 Å². The van der Waals surface area contributed by atoms with Gasteiger partial charge in [-0.3, -0.25) is 0 Å². The summed E-state index contributed by atoms with van der Waals surface area (Å²) < 4.78 is 4.90. The highest BCUT2D eigenvalue weighted by molar-refractivity contribution is 5.93. The molecule has 0 radical (unpaired) electrons. The van der Waals surface area contributed by atoms with Gasteiger partial charge in [-0.25, -0.2) is 4.79 Å². The highest BCUT2D eigenvalue weighted by Crippen LogP contribution is 2.24. The first kappa shape index (κ1) is 12.8. The maximum Gasteiger partial charge on any atom is 0.348 e. The van der Waals surface area contributed by atoms with Gasteiger partial charge in [0.15, 0.2) is 0 Å². The van der Waals surface area contributed by atoms with Gasteiger partial charge in [0.1, 0.15) is 11.6 Å². The van der Waals surface area contributed by atoms with Crippen molar-refractivity contribution in [1.82, 2.24) is 0 Å². The van der Waals surface area contributed by atoms with Gasteiger partial charge in [-0.05, 0) is 38.2 Å². The van der Waals surface area contributed by atoms with Gasteiger partial charge in [-0.1, -0.05) is 19.3 Å². The average Bonchev–Trinajstić information content (AvgIpc) is 2.22. The van der Waals surface area contributed by atoms with Crippen molar-refractivity contribution in [1.29, 1.82) is 5.26 Å². The second-order valence-electron chi connectivity index (χ2n) is 4.08. The van der Waals surface area contributed by atoms with Crippen LogP contribution in [0.25, 0.3) is 0 Å². The lowest BCUT2D eigenvalue weighted by molar-refractivity contribution is -0.138. The summed E-state index contributed by atoms with van der Waals surface area (Å²) in [7, 11) is 0. The number of hydrogen-bond donors (Lipinski definition) is 0. The molecule has 0 saturated heterocycles. The molecule has 88 valence electrons. The number of nitrogens with zero attached hydrogens (tertiary/aromatic N) is 1. The maximum absolute atomic E-state index is 11.6. The first-order valence-electron chi connectivity index (χ1n) is 6.08. The molecule has 0 aromatic heterocycles. The van der Waals surface area contributed by atoms with Crippen molar-refractivity contribution in [2.75, 3.05) is 6.61 Å². The molecule has 0 N–H and O–H groups in total. The van der Waals surface area contributed by atoms with E-state index < -0.39 is 5.97 Å². The van der Waals surface area contributed by atoms with Gasteiger partial charge in [-0.15, -0.1) is 0 Å². The minimum absolute atomic E-state index is 0.253. The number of esters is 1. The summed E-state index contributed by atoms with van der Waals surface area (Å²) in [5, 5.41) is 9.03. The van der Waals surface area contributed by atoms with Crippen LogP contribution in [-0.4, -0.2) is 12.6 Å². The molecule has 1 aliphatic carbocycles. The molecule has 16 heavy (non-hydrogen) atoms. The summed E-state index contributed by atoms with van der Waals surface area (Å²) in [6.45, 7) is 2.09. The van der Waals surface area contributed by atoms with Gasteiger partial charge in [0, 0.05) is 0 Å². The number of allylic oxidation sites excluding steroid dienone is 1. The second kappa shape index (κ2) is 7.05. The third kappa shape index (κ3) is 3.69. The Morgan fingerprint density at radius 2 is 1.81 bits per heavy atom. The number of carbonyl (C=O) groups is 1. The van der Waals surface area contributed by atoms with Gasteiger partial charge in [0.2, 0.25) is 0 Å². The molecule has 0 unspecified atom stereocenters. The van der Waals surface area contributed by atoms with Crippen LogP contribution in [0.15, 0.2) is 11.1 Å². The van der Waals surface area contributed by atoms with E-state index >= 15 is 0 Å². The molecule has 1 rings (SSSR count). The summed E-state index contributed by atoms with van der Waals surface area (Å²) in [5.74, 6) is -0.444. The fourth-order valence-corrected chi connectivity index (χ4v) is 2.05. The molecular formula is C13H19NO2. The Morgan fingerprint density at radius 1 is 1.25 bits per heavy atom. The van der Waals surface area contributed by atoms with Crippen molar-refractivity contribution in [3.05, 3.63) is 11.1 Å². The van der Waals surface area contributed by atoms with Gasteiger partial charge in [0.05, 0.1) is 6.61 Å². The molecule has 0 heterocycles. The quantitative estimate of drug-likeness (QED) is 0.409. The Hall–Kier alpha value is -1.30. The van der Waals surface area contributed by atoms with E-state index in [1.807, 2.05) is 6.07 Å². The molecule has 0 atom stereocenters. The Labute approximate surface area is 97.1 Å². The minimum atomic E-state index is -0.444. The van der Waals surface area contributed by atoms with Crippen molar-refractivity contribution in [2.45, 2.75) is 51.9 Å². The molecule has 1 saturated carbocycles. The molecule has 3 nitrogen and oxygen atoms in total. The van der Waals surface area contributed by atoms with Crippen molar-refractivity contribution in [3.8, 4) is 6.07 Å². The molecule has 3 heteroatoms. The zero-order chi connectivity index (χ0) is 11.8. The highest BCUT2D eigenvalue weighted by atomic mass is 16.5. The smallest absolute Gasteiger partial charge is 0.348 e. The lowest BCUT2D eigenvalue weighted by Crippen LogP contribution is -2.10. The van der Waals surface area contributed by atoms with Gasteiger partial charge >= 0.3 is 5.97 Å². The van der Waals surface area contributed by atoms with E-state index in [9.17, 15) is 4.79 Å². The summed E-state index contributed by atoms with van der Waals surface area (Å²) >= 11 is 0. The molecule has 0 spiro atoms. The minimum Gasteiger partial charge on any atom is -0.462 e. The number of carbonyl (C=O) groups excluding carboxylic acids is 1. The molecule has 0 aliphatic heterocycles. The van der Waals surface area contributed by atoms with Crippen molar-refractivity contribution in [2.24, 2.45) is 0 Å². The van der Waals surface area contributed by atoms with E-state index in [4.69, 9.17) is 10.00 Å². The Kier molecular flexibility index (Phi) is 5.63. The van der Waals surface area contributed by atoms with E-state index in [0.29, 0.717) is 6.61 Å². The fourth-order valence-electron chi connectivity index (χ4n) is 2.05. The van der Waals surface area contributed by atoms with Gasteiger partial charge in [-0.2, -0.15) is 5.26 Å². The maximum atomic E-state index is 11.6. The first-order valence-corrected chi connectivity index (χ1v) is 6.08. The molecule has 1 fully saturated rings. The van der Waals surface area contributed by atoms with E-state index in [2.05, 4.69) is 0 Å². The first-order chi connectivity index (χ1) is 7.79. The van der Waals surface area contributed by atoms with Crippen molar-refractivity contribution >= 4 is 5.97 Å². The second-order valence-corrected chi connectivity index (χ2v) is 4.08. The molecule has 0 amide bonds. The van der Waals surface area contributed by atoms with Crippen LogP contribution in [-0.2, 0) is 9.53 Å². The van der Waals surface area contributed by atoms with Crippen LogP contribution in [0.2, 0.25) is 0 Å². The summed E-state index contributed by atoms with van der Waals surface area (Å²) in [6.07, 6.45) is 7.59. The van der Waals surface area contributed by atoms with Crippen LogP contribution in [0, 0.1) is 11.3 Å². The molecule has 0 bridgehead atoms. The fraction of sp³-hybridized carbons (Fsp3) is 0.692.